The van der Waals surface area contributed by atoms with Gasteiger partial charge in [0.2, 0.25) is 11.8 Å². The maximum absolute atomic E-state index is 13.1. The number of carbonyl (C=O) groups excluding carboxylic acids is 2. The van der Waals surface area contributed by atoms with Crippen molar-refractivity contribution in [3.63, 3.8) is 0 Å². The van der Waals surface area contributed by atoms with Gasteiger partial charge in [-0.3, -0.25) is 9.59 Å². The van der Waals surface area contributed by atoms with E-state index >= 15 is 0 Å². The van der Waals surface area contributed by atoms with Gasteiger partial charge in [-0.15, -0.1) is 0 Å². The van der Waals surface area contributed by atoms with Crippen LogP contribution in [0.5, 0.6) is 0 Å². The molecule has 0 aliphatic carbocycles. The van der Waals surface area contributed by atoms with Gasteiger partial charge in [0, 0.05) is 18.1 Å². The number of hydrogen-bond donors (Lipinski definition) is 1. The van der Waals surface area contributed by atoms with Crippen molar-refractivity contribution < 1.29 is 9.59 Å². The van der Waals surface area contributed by atoms with Crippen LogP contribution in [0.4, 0.5) is 0 Å². The maximum Gasteiger partial charge on any atom is 0.242 e. The van der Waals surface area contributed by atoms with E-state index in [0.717, 1.165) is 16.7 Å². The van der Waals surface area contributed by atoms with Crippen molar-refractivity contribution in [1.82, 2.24) is 10.2 Å². The molecule has 0 saturated carbocycles. The quantitative estimate of drug-likeness (QED) is 0.578. The summed E-state index contributed by atoms with van der Waals surface area (Å²) >= 11 is 5.95. The first kappa shape index (κ1) is 21.6. The number of carbonyl (C=O) groups is 2. The number of nitrogens with zero attached hydrogens (tertiary/aromatic N) is 1. The van der Waals surface area contributed by atoms with Gasteiger partial charge in [0.05, 0.1) is 6.42 Å². The average Bonchev–Trinajstić information content (AvgIpc) is 2.78. The minimum Gasteiger partial charge on any atom is -0.350 e. The Balaban J connectivity index is 1.72. The fraction of sp³-hybridized carbons (Fsp3) is 0.200. The van der Waals surface area contributed by atoms with Crippen molar-refractivity contribution in [2.45, 2.75) is 32.5 Å². The number of rotatable bonds is 8. The van der Waals surface area contributed by atoms with Crippen LogP contribution in [0.15, 0.2) is 84.9 Å². The van der Waals surface area contributed by atoms with Crippen LogP contribution in [0.3, 0.4) is 0 Å². The minimum absolute atomic E-state index is 0.108. The Morgan fingerprint density at radius 1 is 0.833 bits per heavy atom. The van der Waals surface area contributed by atoms with Gasteiger partial charge in [-0.2, -0.15) is 0 Å². The Labute approximate surface area is 182 Å². The van der Waals surface area contributed by atoms with E-state index in [1.165, 1.54) is 0 Å². The normalized spacial score (nSPS) is 11.5. The third kappa shape index (κ3) is 6.19. The Morgan fingerprint density at radius 2 is 1.40 bits per heavy atom. The molecule has 0 aromatic heterocycles. The fourth-order valence-electron chi connectivity index (χ4n) is 3.17. The first-order valence-electron chi connectivity index (χ1n) is 9.92. The largest absolute Gasteiger partial charge is 0.350 e. The van der Waals surface area contributed by atoms with E-state index in [1.54, 1.807) is 24.0 Å². The molecule has 5 heteroatoms. The van der Waals surface area contributed by atoms with Gasteiger partial charge in [0.15, 0.2) is 0 Å². The van der Waals surface area contributed by atoms with Crippen molar-refractivity contribution in [2.24, 2.45) is 0 Å². The van der Waals surface area contributed by atoms with E-state index in [4.69, 9.17) is 11.6 Å². The maximum atomic E-state index is 13.1. The van der Waals surface area contributed by atoms with E-state index in [1.807, 2.05) is 72.8 Å². The first-order chi connectivity index (χ1) is 14.5. The molecular formula is C25H25ClN2O2. The molecule has 3 aromatic rings. The summed E-state index contributed by atoms with van der Waals surface area (Å²) < 4.78 is 0. The summed E-state index contributed by atoms with van der Waals surface area (Å²) in [6, 6.07) is 26.0. The number of halogens is 1. The molecule has 0 radical (unpaired) electrons. The third-order valence-corrected chi connectivity index (χ3v) is 5.19. The molecular weight excluding hydrogens is 396 g/mol. The summed E-state index contributed by atoms with van der Waals surface area (Å²) in [6.07, 6.45) is 0.209. The lowest BCUT2D eigenvalue weighted by molar-refractivity contribution is -0.140. The van der Waals surface area contributed by atoms with Crippen LogP contribution in [-0.4, -0.2) is 22.8 Å². The monoisotopic (exact) mass is 420 g/mol. The van der Waals surface area contributed by atoms with Crippen LogP contribution in [0, 0.1) is 0 Å². The van der Waals surface area contributed by atoms with Crippen LogP contribution in [0.1, 0.15) is 23.6 Å². The van der Waals surface area contributed by atoms with Crippen molar-refractivity contribution in [2.75, 3.05) is 0 Å². The SMILES string of the molecule is C[C@H](C(=O)NCc1ccccc1)N(Cc1ccccc1)C(=O)Cc1ccc(Cl)cc1. The molecule has 2 amide bonds. The van der Waals surface area contributed by atoms with E-state index in [-0.39, 0.29) is 18.2 Å². The average molecular weight is 421 g/mol. The second-order valence-electron chi connectivity index (χ2n) is 7.19. The highest BCUT2D eigenvalue weighted by Gasteiger charge is 2.26. The Hall–Kier alpha value is -3.11. The molecule has 0 aliphatic rings. The Kier molecular flexibility index (Phi) is 7.63. The van der Waals surface area contributed by atoms with Gasteiger partial charge in [0.1, 0.15) is 6.04 Å². The summed E-state index contributed by atoms with van der Waals surface area (Å²) in [6.45, 7) is 2.56. The number of benzene rings is 3. The lowest BCUT2D eigenvalue weighted by Crippen LogP contribution is -2.47. The molecule has 30 heavy (non-hydrogen) atoms. The van der Waals surface area contributed by atoms with Gasteiger partial charge >= 0.3 is 0 Å². The molecule has 0 spiro atoms. The lowest BCUT2D eigenvalue weighted by Gasteiger charge is -2.29. The summed E-state index contributed by atoms with van der Waals surface area (Å²) in [5, 5.41) is 3.57. The third-order valence-electron chi connectivity index (χ3n) is 4.94. The Bertz CT molecular complexity index is 959. The zero-order valence-corrected chi connectivity index (χ0v) is 17.7. The zero-order valence-electron chi connectivity index (χ0n) is 16.9. The highest BCUT2D eigenvalue weighted by molar-refractivity contribution is 6.30. The molecule has 3 aromatic carbocycles. The zero-order chi connectivity index (χ0) is 21.3. The van der Waals surface area contributed by atoms with Gasteiger partial charge in [0.25, 0.3) is 0 Å². The van der Waals surface area contributed by atoms with E-state index in [2.05, 4.69) is 5.32 Å². The standard InChI is InChI=1S/C25H25ClN2O2/c1-19(25(30)27-17-21-8-4-2-5-9-21)28(18-22-10-6-3-7-11-22)24(29)16-20-12-14-23(26)15-13-20/h2-15,19H,16-18H2,1H3,(H,27,30)/t19-/m1/s1. The molecule has 1 N–H and O–H groups in total. The van der Waals surface area contributed by atoms with Crippen LogP contribution in [0.2, 0.25) is 5.02 Å². The van der Waals surface area contributed by atoms with Crippen LogP contribution in [-0.2, 0) is 29.1 Å². The van der Waals surface area contributed by atoms with Crippen LogP contribution < -0.4 is 5.32 Å². The van der Waals surface area contributed by atoms with Gasteiger partial charge in [-0.1, -0.05) is 84.4 Å². The molecule has 0 bridgehead atoms. The van der Waals surface area contributed by atoms with Crippen molar-refractivity contribution in [3.05, 3.63) is 107 Å². The van der Waals surface area contributed by atoms with E-state index in [0.29, 0.717) is 18.1 Å². The number of nitrogens with one attached hydrogen (secondary N) is 1. The van der Waals surface area contributed by atoms with Crippen LogP contribution >= 0.6 is 11.6 Å². The van der Waals surface area contributed by atoms with Crippen molar-refractivity contribution >= 4 is 23.4 Å². The molecule has 0 fully saturated rings. The molecule has 1 atom stereocenters. The molecule has 0 heterocycles. The summed E-state index contributed by atoms with van der Waals surface area (Å²) in [5.74, 6) is -0.289. The molecule has 0 unspecified atom stereocenters. The van der Waals surface area contributed by atoms with Crippen molar-refractivity contribution in [3.8, 4) is 0 Å². The number of amides is 2. The van der Waals surface area contributed by atoms with Gasteiger partial charge < -0.3 is 10.2 Å². The van der Waals surface area contributed by atoms with E-state index in [9.17, 15) is 9.59 Å². The lowest BCUT2D eigenvalue weighted by atomic mass is 10.1. The second-order valence-corrected chi connectivity index (χ2v) is 7.63. The molecule has 4 nitrogen and oxygen atoms in total. The second kappa shape index (κ2) is 10.6. The summed E-state index contributed by atoms with van der Waals surface area (Å²) in [5.41, 5.74) is 2.85. The predicted octanol–water partition coefficient (Wildman–Crippen LogP) is 4.62. The highest BCUT2D eigenvalue weighted by atomic mass is 35.5. The Morgan fingerprint density at radius 3 is 2.00 bits per heavy atom. The summed E-state index contributed by atoms with van der Waals surface area (Å²) in [7, 11) is 0. The first-order valence-corrected chi connectivity index (χ1v) is 10.3. The summed E-state index contributed by atoms with van der Waals surface area (Å²) in [4.78, 5) is 27.6. The molecule has 154 valence electrons. The molecule has 0 aliphatic heterocycles. The number of hydrogen-bond acceptors (Lipinski definition) is 2. The fourth-order valence-corrected chi connectivity index (χ4v) is 3.30. The van der Waals surface area contributed by atoms with Gasteiger partial charge in [-0.05, 0) is 35.7 Å². The van der Waals surface area contributed by atoms with E-state index < -0.39 is 6.04 Å². The smallest absolute Gasteiger partial charge is 0.242 e. The van der Waals surface area contributed by atoms with Gasteiger partial charge in [-0.25, -0.2) is 0 Å². The molecule has 0 saturated heterocycles. The minimum atomic E-state index is -0.603. The van der Waals surface area contributed by atoms with Crippen LogP contribution in [0.25, 0.3) is 0 Å². The van der Waals surface area contributed by atoms with Crippen molar-refractivity contribution in [1.29, 1.82) is 0 Å². The predicted molar refractivity (Wildman–Crippen MR) is 120 cm³/mol. The molecule has 3 rings (SSSR count). The highest BCUT2D eigenvalue weighted by Crippen LogP contribution is 2.15. The topological polar surface area (TPSA) is 49.4 Å².